The van der Waals surface area contributed by atoms with Crippen molar-refractivity contribution in [3.05, 3.63) is 72.2 Å². The quantitative estimate of drug-likeness (QED) is 0.758. The molecule has 1 aromatic heterocycles. The van der Waals surface area contributed by atoms with Gasteiger partial charge in [-0.2, -0.15) is 0 Å². The van der Waals surface area contributed by atoms with Crippen LogP contribution < -0.4 is 10.1 Å². The van der Waals surface area contributed by atoms with Crippen LogP contribution in [-0.2, 0) is 11.2 Å². The first-order chi connectivity index (χ1) is 11.7. The molecule has 1 heterocycles. The minimum absolute atomic E-state index is 0.142. The van der Waals surface area contributed by atoms with Crippen LogP contribution in [0.1, 0.15) is 5.56 Å². The molecule has 0 saturated carbocycles. The number of benzene rings is 2. The van der Waals surface area contributed by atoms with Crippen molar-refractivity contribution in [3.8, 4) is 5.75 Å². The molecule has 2 aromatic carbocycles. The zero-order valence-electron chi connectivity index (χ0n) is 13.0. The van der Waals surface area contributed by atoms with Crippen molar-refractivity contribution in [1.29, 1.82) is 0 Å². The Labute approximate surface area is 139 Å². The van der Waals surface area contributed by atoms with Gasteiger partial charge in [0.05, 0.1) is 5.52 Å². The summed E-state index contributed by atoms with van der Waals surface area (Å²) in [7, 11) is 0. The average Bonchev–Trinajstić information content (AvgIpc) is 2.60. The largest absolute Gasteiger partial charge is 0.484 e. The van der Waals surface area contributed by atoms with E-state index in [4.69, 9.17) is 4.74 Å². The molecule has 0 aliphatic heterocycles. The molecule has 1 amide bonds. The fourth-order valence-electron chi connectivity index (χ4n) is 2.46. The molecule has 3 rings (SSSR count). The molecule has 3 aromatic rings. The zero-order valence-corrected chi connectivity index (χ0v) is 13.0. The molecule has 0 atom stereocenters. The molecule has 0 aliphatic carbocycles. The molecule has 4 nitrogen and oxygen atoms in total. The number of ether oxygens (including phenoxy) is 1. The monoisotopic (exact) mass is 324 g/mol. The maximum absolute atomic E-state index is 13.0. The maximum atomic E-state index is 13.0. The van der Waals surface area contributed by atoms with E-state index >= 15 is 0 Å². The number of carbonyl (C=O) groups is 1. The van der Waals surface area contributed by atoms with E-state index in [9.17, 15) is 9.18 Å². The summed E-state index contributed by atoms with van der Waals surface area (Å²) in [4.78, 5) is 16.2. The lowest BCUT2D eigenvalue weighted by molar-refractivity contribution is -0.123. The van der Waals surface area contributed by atoms with E-state index in [0.29, 0.717) is 18.7 Å². The molecule has 0 unspecified atom stereocenters. The van der Waals surface area contributed by atoms with E-state index in [0.717, 1.165) is 16.5 Å². The van der Waals surface area contributed by atoms with E-state index < -0.39 is 5.82 Å². The van der Waals surface area contributed by atoms with E-state index in [1.165, 1.54) is 18.2 Å². The number of amides is 1. The Kier molecular flexibility index (Phi) is 5.01. The summed E-state index contributed by atoms with van der Waals surface area (Å²) in [5, 5.41) is 3.87. The topological polar surface area (TPSA) is 51.2 Å². The summed E-state index contributed by atoms with van der Waals surface area (Å²) in [6, 6.07) is 15.6. The number of hydrogen-bond donors (Lipinski definition) is 1. The summed E-state index contributed by atoms with van der Waals surface area (Å²) >= 11 is 0. The first kappa shape index (κ1) is 15.9. The summed E-state index contributed by atoms with van der Waals surface area (Å²) in [5.74, 6) is -0.299. The van der Waals surface area contributed by atoms with Gasteiger partial charge in [-0.25, -0.2) is 4.39 Å². The van der Waals surface area contributed by atoms with Crippen molar-refractivity contribution in [3.63, 3.8) is 0 Å². The highest BCUT2D eigenvalue weighted by Crippen LogP contribution is 2.16. The van der Waals surface area contributed by atoms with Gasteiger partial charge in [0.1, 0.15) is 11.6 Å². The van der Waals surface area contributed by atoms with Gasteiger partial charge >= 0.3 is 0 Å². The van der Waals surface area contributed by atoms with Crippen molar-refractivity contribution < 1.29 is 13.9 Å². The number of aromatic nitrogens is 1. The Bertz CT molecular complexity index is 846. The second-order valence-corrected chi connectivity index (χ2v) is 5.34. The maximum Gasteiger partial charge on any atom is 0.257 e. The lowest BCUT2D eigenvalue weighted by Gasteiger charge is -2.09. The number of nitrogens with one attached hydrogen (secondary N) is 1. The number of pyridine rings is 1. The minimum Gasteiger partial charge on any atom is -0.484 e. The third kappa shape index (κ3) is 4.07. The SMILES string of the molecule is O=C(COc1cccc(F)c1)NCCc1cccc2cccnc12. The summed E-state index contributed by atoms with van der Waals surface area (Å²) in [6.07, 6.45) is 2.44. The fourth-order valence-corrected chi connectivity index (χ4v) is 2.46. The van der Waals surface area contributed by atoms with Crippen LogP contribution in [0.25, 0.3) is 10.9 Å². The number of carbonyl (C=O) groups excluding carboxylic acids is 1. The minimum atomic E-state index is -0.392. The standard InChI is InChI=1S/C19H17FN2O2/c20-16-7-2-8-17(12-16)24-13-18(23)21-11-9-15-5-1-4-14-6-3-10-22-19(14)15/h1-8,10,12H,9,11,13H2,(H,21,23). The van der Waals surface area contributed by atoms with Crippen LogP contribution in [-0.4, -0.2) is 24.0 Å². The molecule has 0 aliphatic rings. The van der Waals surface area contributed by atoms with Gasteiger partial charge in [0.25, 0.3) is 5.91 Å². The Balaban J connectivity index is 1.50. The Morgan fingerprint density at radius 1 is 1.12 bits per heavy atom. The van der Waals surface area contributed by atoms with Gasteiger partial charge in [0, 0.05) is 24.2 Å². The third-order valence-corrected chi connectivity index (χ3v) is 3.60. The van der Waals surface area contributed by atoms with Crippen molar-refractivity contribution in [1.82, 2.24) is 10.3 Å². The molecule has 0 radical (unpaired) electrons. The van der Waals surface area contributed by atoms with E-state index in [1.54, 1.807) is 12.3 Å². The third-order valence-electron chi connectivity index (χ3n) is 3.60. The fraction of sp³-hybridized carbons (Fsp3) is 0.158. The van der Waals surface area contributed by atoms with Gasteiger partial charge in [0.15, 0.2) is 6.61 Å². The van der Waals surface area contributed by atoms with Crippen LogP contribution in [0.4, 0.5) is 4.39 Å². The normalized spacial score (nSPS) is 10.5. The molecule has 122 valence electrons. The van der Waals surface area contributed by atoms with Gasteiger partial charge < -0.3 is 10.1 Å². The van der Waals surface area contributed by atoms with Crippen LogP contribution in [0.2, 0.25) is 0 Å². The molecule has 0 saturated heterocycles. The number of hydrogen-bond acceptors (Lipinski definition) is 3. The van der Waals surface area contributed by atoms with E-state index in [2.05, 4.69) is 10.3 Å². The first-order valence-corrected chi connectivity index (χ1v) is 7.70. The first-order valence-electron chi connectivity index (χ1n) is 7.70. The Morgan fingerprint density at radius 3 is 2.83 bits per heavy atom. The van der Waals surface area contributed by atoms with Gasteiger partial charge in [-0.05, 0) is 30.2 Å². The molecular weight excluding hydrogens is 307 g/mol. The van der Waals surface area contributed by atoms with Gasteiger partial charge in [0.2, 0.25) is 0 Å². The van der Waals surface area contributed by atoms with E-state index in [-0.39, 0.29) is 12.5 Å². The second-order valence-electron chi connectivity index (χ2n) is 5.34. The lowest BCUT2D eigenvalue weighted by Crippen LogP contribution is -2.30. The van der Waals surface area contributed by atoms with Crippen LogP contribution in [0.3, 0.4) is 0 Å². The molecule has 0 spiro atoms. The number of rotatable bonds is 6. The Hall–Kier alpha value is -2.95. The van der Waals surface area contributed by atoms with Crippen LogP contribution in [0.15, 0.2) is 60.8 Å². The zero-order chi connectivity index (χ0) is 16.8. The van der Waals surface area contributed by atoms with Crippen molar-refractivity contribution >= 4 is 16.8 Å². The van der Waals surface area contributed by atoms with Gasteiger partial charge in [-0.1, -0.05) is 30.3 Å². The highest BCUT2D eigenvalue weighted by molar-refractivity contribution is 5.81. The second kappa shape index (κ2) is 7.55. The van der Waals surface area contributed by atoms with Crippen molar-refractivity contribution in [2.24, 2.45) is 0 Å². The highest BCUT2D eigenvalue weighted by atomic mass is 19.1. The molecule has 24 heavy (non-hydrogen) atoms. The van der Waals surface area contributed by atoms with Crippen LogP contribution in [0.5, 0.6) is 5.75 Å². The average molecular weight is 324 g/mol. The van der Waals surface area contributed by atoms with Crippen LogP contribution >= 0.6 is 0 Å². The summed E-state index contributed by atoms with van der Waals surface area (Å²) in [5.41, 5.74) is 2.03. The number of para-hydroxylation sites is 1. The van der Waals surface area contributed by atoms with Crippen molar-refractivity contribution in [2.45, 2.75) is 6.42 Å². The Morgan fingerprint density at radius 2 is 1.96 bits per heavy atom. The van der Waals surface area contributed by atoms with Gasteiger partial charge in [-0.15, -0.1) is 0 Å². The number of halogens is 1. The number of fused-ring (bicyclic) bond motifs is 1. The summed E-state index contributed by atoms with van der Waals surface area (Å²) < 4.78 is 18.3. The predicted molar refractivity (Wildman–Crippen MR) is 90.4 cm³/mol. The lowest BCUT2D eigenvalue weighted by atomic mass is 10.1. The smallest absolute Gasteiger partial charge is 0.257 e. The van der Waals surface area contributed by atoms with E-state index in [1.807, 2.05) is 30.3 Å². The highest BCUT2D eigenvalue weighted by Gasteiger charge is 2.05. The van der Waals surface area contributed by atoms with Gasteiger partial charge in [-0.3, -0.25) is 9.78 Å². The molecule has 0 bridgehead atoms. The molecule has 0 fully saturated rings. The van der Waals surface area contributed by atoms with Crippen LogP contribution in [0, 0.1) is 5.82 Å². The molecule has 1 N–H and O–H groups in total. The number of nitrogens with zero attached hydrogens (tertiary/aromatic N) is 1. The molecule has 5 heteroatoms. The summed E-state index contributed by atoms with van der Waals surface area (Å²) in [6.45, 7) is 0.346. The van der Waals surface area contributed by atoms with Crippen molar-refractivity contribution in [2.75, 3.05) is 13.2 Å². The molecular formula is C19H17FN2O2. The predicted octanol–water partition coefficient (Wildman–Crippen LogP) is 3.11.